The van der Waals surface area contributed by atoms with Crippen LogP contribution in [-0.4, -0.2) is 10.9 Å². The molecule has 0 saturated heterocycles. The van der Waals surface area contributed by atoms with Crippen molar-refractivity contribution in [1.29, 1.82) is 0 Å². The van der Waals surface area contributed by atoms with Gasteiger partial charge in [-0.25, -0.2) is 0 Å². The van der Waals surface area contributed by atoms with Crippen molar-refractivity contribution in [2.45, 2.75) is 25.7 Å². The first-order chi connectivity index (χ1) is 7.68. The first-order valence-corrected chi connectivity index (χ1v) is 5.41. The average Bonchev–Trinajstić information content (AvgIpc) is 2.41. The third kappa shape index (κ3) is 3.35. The normalized spacial score (nSPS) is 15.8. The Morgan fingerprint density at radius 1 is 1.29 bits per heavy atom. The van der Waals surface area contributed by atoms with Crippen LogP contribution >= 0.6 is 0 Å². The summed E-state index contributed by atoms with van der Waals surface area (Å²) in [5.41, 5.74) is 2.14. The molecule has 1 N–H and O–H groups in total. The number of carbonyl (C=O) groups excluding carboxylic acids is 1. The van der Waals surface area contributed by atoms with Crippen LogP contribution < -0.4 is 34.7 Å². The number of ketones is 1. The maximum atomic E-state index is 11.9. The van der Waals surface area contributed by atoms with Gasteiger partial charge in [-0.15, -0.1) is 0 Å². The molecule has 17 heavy (non-hydrogen) atoms. The number of hydrogen-bond acceptors (Lipinski definition) is 3. The van der Waals surface area contributed by atoms with Gasteiger partial charge in [-0.2, -0.15) is 0 Å². The predicted octanol–water partition coefficient (Wildman–Crippen LogP) is -1.18. The number of aryl methyl sites for hydroxylation is 1. The number of carbonyl (C=O) groups is 1. The molecule has 2 rings (SSSR count). The van der Waals surface area contributed by atoms with Crippen molar-refractivity contribution in [2.75, 3.05) is 0 Å². The van der Waals surface area contributed by atoms with Gasteiger partial charge in [0.25, 0.3) is 0 Å². The molecule has 0 heterocycles. The van der Waals surface area contributed by atoms with Crippen LogP contribution in [0.5, 0.6) is 0 Å². The molecule has 1 aliphatic carbocycles. The molecule has 0 unspecified atom stereocenters. The maximum Gasteiger partial charge on any atom is 1.00 e. The second-order valence-corrected chi connectivity index (χ2v) is 3.99. The second kappa shape index (κ2) is 6.24. The van der Waals surface area contributed by atoms with Crippen molar-refractivity contribution in [3.63, 3.8) is 0 Å². The van der Waals surface area contributed by atoms with Gasteiger partial charge in [0, 0.05) is 17.9 Å². The van der Waals surface area contributed by atoms with Gasteiger partial charge in [-0.3, -0.25) is 4.79 Å². The summed E-state index contributed by atoms with van der Waals surface area (Å²) in [6.07, 6.45) is 4.39. The van der Waals surface area contributed by atoms with Crippen LogP contribution in [0, 0.1) is 0 Å². The molecular weight excluding hydrogens is 227 g/mol. The Labute approximate surface area is 122 Å². The molecule has 0 aliphatic heterocycles. The molecule has 0 amide bonds. The summed E-state index contributed by atoms with van der Waals surface area (Å²) in [6, 6.07) is 5.42. The smallest absolute Gasteiger partial charge is 0.629 e. The van der Waals surface area contributed by atoms with E-state index in [-0.39, 0.29) is 35.3 Å². The van der Waals surface area contributed by atoms with E-state index in [1.807, 2.05) is 12.1 Å². The van der Waals surface area contributed by atoms with E-state index in [9.17, 15) is 9.90 Å². The quantitative estimate of drug-likeness (QED) is 0.382. The van der Waals surface area contributed by atoms with E-state index in [0.717, 1.165) is 30.9 Å². The molecule has 1 aromatic rings. The van der Waals surface area contributed by atoms with E-state index in [4.69, 9.17) is 5.11 Å². The minimum atomic E-state index is -1.01. The van der Waals surface area contributed by atoms with Crippen molar-refractivity contribution in [1.82, 2.24) is 0 Å². The van der Waals surface area contributed by atoms with Crippen LogP contribution in [0.1, 0.15) is 40.7 Å². The van der Waals surface area contributed by atoms with Gasteiger partial charge >= 0.3 is 29.6 Å². The van der Waals surface area contributed by atoms with E-state index in [1.165, 1.54) is 0 Å². The maximum absolute atomic E-state index is 11.9. The monoisotopic (exact) mass is 240 g/mol. The van der Waals surface area contributed by atoms with Crippen LogP contribution in [0.25, 0.3) is 6.08 Å². The van der Waals surface area contributed by atoms with E-state index in [0.29, 0.717) is 17.5 Å². The molecule has 0 atom stereocenters. The summed E-state index contributed by atoms with van der Waals surface area (Å²) in [5, 5.41) is 19.4. The molecule has 1 aliphatic rings. The zero-order valence-corrected chi connectivity index (χ0v) is 11.9. The molecule has 0 saturated carbocycles. The van der Waals surface area contributed by atoms with E-state index in [1.54, 1.807) is 6.07 Å². The van der Waals surface area contributed by atoms with Crippen molar-refractivity contribution < 1.29 is 44.6 Å². The van der Waals surface area contributed by atoms with E-state index >= 15 is 0 Å². The molecule has 0 aromatic heterocycles. The number of hydrogen-bond donors (Lipinski definition) is 1. The molecule has 3 nitrogen and oxygen atoms in total. The van der Waals surface area contributed by atoms with Gasteiger partial charge in [0.2, 0.25) is 0 Å². The predicted molar refractivity (Wildman–Crippen MR) is 58.9 cm³/mol. The van der Waals surface area contributed by atoms with Crippen molar-refractivity contribution in [3.05, 3.63) is 40.8 Å². The average molecular weight is 240 g/mol. The van der Waals surface area contributed by atoms with Gasteiger partial charge in [0.15, 0.2) is 5.78 Å². The van der Waals surface area contributed by atoms with Crippen LogP contribution in [0.2, 0.25) is 0 Å². The topological polar surface area (TPSA) is 60.4 Å². The number of rotatable bonds is 1. The Kier molecular flexibility index (Phi) is 5.25. The fourth-order valence-electron chi connectivity index (χ4n) is 2.15. The third-order valence-corrected chi connectivity index (χ3v) is 2.84. The molecule has 0 bridgehead atoms. The SMILES string of the molecule is O=C1CCCCc2cccc(/C=C(/[O-])O)c21.[Na+]. The third-order valence-electron chi connectivity index (χ3n) is 2.84. The van der Waals surface area contributed by atoms with Crippen LogP contribution in [0.3, 0.4) is 0 Å². The van der Waals surface area contributed by atoms with Crippen molar-refractivity contribution in [2.24, 2.45) is 0 Å². The number of aliphatic hydroxyl groups excluding tert-OH is 1. The summed E-state index contributed by atoms with van der Waals surface area (Å²) in [4.78, 5) is 11.9. The van der Waals surface area contributed by atoms with Crippen LogP contribution in [0.15, 0.2) is 24.1 Å². The molecule has 0 radical (unpaired) electrons. The standard InChI is InChI=1S/C13H14O3.Na/c14-11-7-2-1-4-9-5-3-6-10(13(9)11)8-12(15)16;/h3,5-6,8,15-16H,1-2,4,7H2;/q;+1/p-1. The first kappa shape index (κ1) is 14.3. The molecule has 0 fully saturated rings. The Hall–Kier alpha value is -0.770. The minimum Gasteiger partial charge on any atom is -0.629 e. The van der Waals surface area contributed by atoms with Crippen LogP contribution in [-0.2, 0) is 6.42 Å². The van der Waals surface area contributed by atoms with Gasteiger partial charge in [0.1, 0.15) is 0 Å². The van der Waals surface area contributed by atoms with Gasteiger partial charge < -0.3 is 10.2 Å². The van der Waals surface area contributed by atoms with Gasteiger partial charge in [-0.1, -0.05) is 18.2 Å². The Balaban J connectivity index is 0.00000144. The zero-order chi connectivity index (χ0) is 11.5. The molecule has 84 valence electrons. The van der Waals surface area contributed by atoms with Gasteiger partial charge in [0.05, 0.1) is 0 Å². The number of benzene rings is 1. The number of fused-ring (bicyclic) bond motifs is 1. The van der Waals surface area contributed by atoms with Gasteiger partial charge in [-0.05, 0) is 36.5 Å². The van der Waals surface area contributed by atoms with E-state index in [2.05, 4.69) is 0 Å². The number of Topliss-reactive ketones (excluding diaryl/α,β-unsaturated/α-hetero) is 1. The Bertz CT molecular complexity index is 448. The van der Waals surface area contributed by atoms with E-state index < -0.39 is 5.95 Å². The first-order valence-electron chi connectivity index (χ1n) is 5.41. The summed E-state index contributed by atoms with van der Waals surface area (Å²) >= 11 is 0. The molecule has 0 spiro atoms. The van der Waals surface area contributed by atoms with Crippen molar-refractivity contribution >= 4 is 11.9 Å². The Morgan fingerprint density at radius 2 is 2.00 bits per heavy atom. The second-order valence-electron chi connectivity index (χ2n) is 3.99. The fraction of sp³-hybridized carbons (Fsp3) is 0.308. The largest absolute Gasteiger partial charge is 1.00 e. The Morgan fingerprint density at radius 3 is 2.71 bits per heavy atom. The summed E-state index contributed by atoms with van der Waals surface area (Å²) < 4.78 is 0. The zero-order valence-electron chi connectivity index (χ0n) is 9.90. The summed E-state index contributed by atoms with van der Waals surface area (Å²) in [6.45, 7) is 0. The summed E-state index contributed by atoms with van der Waals surface area (Å²) in [7, 11) is 0. The number of aliphatic hydroxyl groups is 1. The molecule has 1 aromatic carbocycles. The summed E-state index contributed by atoms with van der Waals surface area (Å²) in [5.74, 6) is -0.939. The molecule has 4 heteroatoms. The molecular formula is C13H13NaO3. The minimum absolute atomic E-state index is 0. The van der Waals surface area contributed by atoms with Crippen LogP contribution in [0.4, 0.5) is 0 Å². The van der Waals surface area contributed by atoms with Crippen molar-refractivity contribution in [3.8, 4) is 0 Å². The fourth-order valence-corrected chi connectivity index (χ4v) is 2.15.